The molecule has 0 rings (SSSR count). The predicted molar refractivity (Wildman–Crippen MR) is 77.3 cm³/mol. The zero-order chi connectivity index (χ0) is 11.5. The van der Waals surface area contributed by atoms with Gasteiger partial charge in [-0.25, -0.2) is 0 Å². The van der Waals surface area contributed by atoms with E-state index in [0.717, 1.165) is 5.92 Å². The normalized spacial score (nSPS) is 13.4. The van der Waals surface area contributed by atoms with E-state index in [-0.39, 0.29) is 0 Å². The lowest BCUT2D eigenvalue weighted by Gasteiger charge is -2.18. The second-order valence-corrected chi connectivity index (χ2v) is 5.71. The molecule has 0 N–H and O–H groups in total. The van der Waals surface area contributed by atoms with Crippen molar-refractivity contribution in [2.75, 3.05) is 36.5 Å². The van der Waals surface area contributed by atoms with Gasteiger partial charge >= 0.3 is 0 Å². The van der Waals surface area contributed by atoms with Gasteiger partial charge in [-0.1, -0.05) is 43.1 Å². The number of alkyl halides is 1. The monoisotopic (exact) mass is 295 g/mol. The minimum atomic E-state index is 0.872. The molecule has 0 spiro atoms. The van der Waals surface area contributed by atoms with Crippen molar-refractivity contribution in [2.45, 2.75) is 33.6 Å². The molecule has 0 aliphatic rings. The summed E-state index contributed by atoms with van der Waals surface area (Å²) in [5.74, 6) is 3.48. The first-order valence-electron chi connectivity index (χ1n) is 6.14. The number of rotatable bonds is 10. The predicted octanol–water partition coefficient (Wildman–Crippen LogP) is 3.87. The molecule has 0 saturated heterocycles. The third-order valence-electron chi connectivity index (χ3n) is 2.71. The Labute approximate surface area is 109 Å². The summed E-state index contributed by atoms with van der Waals surface area (Å²) < 4.78 is 0. The van der Waals surface area contributed by atoms with Crippen molar-refractivity contribution in [3.05, 3.63) is 0 Å². The van der Waals surface area contributed by atoms with Crippen LogP contribution >= 0.6 is 27.7 Å². The van der Waals surface area contributed by atoms with Crippen molar-refractivity contribution in [1.29, 1.82) is 0 Å². The van der Waals surface area contributed by atoms with E-state index in [1.54, 1.807) is 0 Å². The zero-order valence-electron chi connectivity index (χ0n) is 10.5. The van der Waals surface area contributed by atoms with Gasteiger partial charge in [-0.3, -0.25) is 0 Å². The molecule has 0 fully saturated rings. The Morgan fingerprint density at radius 3 is 2.33 bits per heavy atom. The average Bonchev–Trinajstić information content (AvgIpc) is 2.28. The minimum Gasteiger partial charge on any atom is -0.303 e. The van der Waals surface area contributed by atoms with E-state index in [4.69, 9.17) is 0 Å². The summed E-state index contributed by atoms with van der Waals surface area (Å²) in [5, 5.41) is 1.17. The molecule has 0 radical (unpaired) electrons. The van der Waals surface area contributed by atoms with Crippen LogP contribution in [0, 0.1) is 5.92 Å². The molecule has 0 saturated carbocycles. The van der Waals surface area contributed by atoms with Gasteiger partial charge in [0.05, 0.1) is 0 Å². The van der Waals surface area contributed by atoms with E-state index in [0.29, 0.717) is 0 Å². The number of nitrogens with zero attached hydrogens (tertiary/aromatic N) is 1. The van der Waals surface area contributed by atoms with E-state index in [1.807, 2.05) is 0 Å². The van der Waals surface area contributed by atoms with Crippen LogP contribution < -0.4 is 0 Å². The summed E-state index contributed by atoms with van der Waals surface area (Å²) in [6.07, 6.45) is 2.68. The van der Waals surface area contributed by atoms with Crippen molar-refractivity contribution < 1.29 is 0 Å². The Morgan fingerprint density at radius 1 is 1.20 bits per heavy atom. The molecule has 0 aromatic heterocycles. The van der Waals surface area contributed by atoms with Gasteiger partial charge in [-0.15, -0.1) is 0 Å². The van der Waals surface area contributed by atoms with E-state index >= 15 is 0 Å². The molecule has 92 valence electrons. The second-order valence-electron chi connectivity index (χ2n) is 3.91. The highest BCUT2D eigenvalue weighted by atomic mass is 79.9. The third kappa shape index (κ3) is 8.58. The van der Waals surface area contributed by atoms with Crippen LogP contribution in [0.25, 0.3) is 0 Å². The molecule has 0 aromatic carbocycles. The van der Waals surface area contributed by atoms with Gasteiger partial charge in [0.25, 0.3) is 0 Å². The average molecular weight is 296 g/mol. The molecule has 15 heavy (non-hydrogen) atoms. The standard InChI is InChI=1S/C12H26BrNS/c1-4-7-12(10-13)11-15-9-8-14(5-2)6-3/h12H,4-11H2,1-3H3. The van der Waals surface area contributed by atoms with E-state index in [1.165, 1.54) is 49.3 Å². The Morgan fingerprint density at radius 2 is 1.87 bits per heavy atom. The molecule has 3 heteroatoms. The van der Waals surface area contributed by atoms with Gasteiger partial charge in [-0.05, 0) is 31.2 Å². The third-order valence-corrected chi connectivity index (χ3v) is 4.81. The molecule has 0 heterocycles. The summed E-state index contributed by atoms with van der Waals surface area (Å²) in [7, 11) is 0. The van der Waals surface area contributed by atoms with Crippen LogP contribution in [0.15, 0.2) is 0 Å². The summed E-state index contributed by atoms with van der Waals surface area (Å²) >= 11 is 5.71. The van der Waals surface area contributed by atoms with Crippen LogP contribution in [0.3, 0.4) is 0 Å². The smallest absolute Gasteiger partial charge is 0.00721 e. The Balaban J connectivity index is 3.42. The van der Waals surface area contributed by atoms with E-state index in [2.05, 4.69) is 53.4 Å². The maximum Gasteiger partial charge on any atom is 0.00721 e. The first-order valence-corrected chi connectivity index (χ1v) is 8.42. The van der Waals surface area contributed by atoms with Gasteiger partial charge < -0.3 is 4.90 Å². The fourth-order valence-electron chi connectivity index (χ4n) is 1.60. The zero-order valence-corrected chi connectivity index (χ0v) is 12.9. The summed E-state index contributed by atoms with van der Waals surface area (Å²) in [4.78, 5) is 2.50. The lowest BCUT2D eigenvalue weighted by molar-refractivity contribution is 0.324. The largest absolute Gasteiger partial charge is 0.303 e. The number of hydrogen-bond acceptors (Lipinski definition) is 2. The van der Waals surface area contributed by atoms with Crippen molar-refractivity contribution in [1.82, 2.24) is 4.90 Å². The second kappa shape index (κ2) is 11.3. The summed E-state index contributed by atoms with van der Waals surface area (Å²) in [6.45, 7) is 10.4. The lowest BCUT2D eigenvalue weighted by Crippen LogP contribution is -2.25. The Hall–Kier alpha value is 0.790. The van der Waals surface area contributed by atoms with Gasteiger partial charge in [-0.2, -0.15) is 11.8 Å². The highest BCUT2D eigenvalue weighted by molar-refractivity contribution is 9.09. The molecule has 0 bridgehead atoms. The van der Waals surface area contributed by atoms with Crippen molar-refractivity contribution in [3.63, 3.8) is 0 Å². The lowest BCUT2D eigenvalue weighted by atomic mass is 10.1. The fraction of sp³-hybridized carbons (Fsp3) is 1.00. The highest BCUT2D eigenvalue weighted by Crippen LogP contribution is 2.16. The van der Waals surface area contributed by atoms with E-state index in [9.17, 15) is 0 Å². The molecule has 0 aliphatic heterocycles. The molecular formula is C12H26BrNS. The number of thioether (sulfide) groups is 1. The quantitative estimate of drug-likeness (QED) is 0.445. The van der Waals surface area contributed by atoms with Gasteiger partial charge in [0.2, 0.25) is 0 Å². The molecule has 1 atom stereocenters. The molecule has 0 amide bonds. The van der Waals surface area contributed by atoms with Gasteiger partial charge in [0.15, 0.2) is 0 Å². The SMILES string of the molecule is CCCC(CBr)CSCCN(CC)CC. The van der Waals surface area contributed by atoms with Gasteiger partial charge in [0.1, 0.15) is 0 Å². The van der Waals surface area contributed by atoms with Crippen LogP contribution in [0.1, 0.15) is 33.6 Å². The number of hydrogen-bond donors (Lipinski definition) is 0. The van der Waals surface area contributed by atoms with Crippen molar-refractivity contribution in [3.8, 4) is 0 Å². The maximum atomic E-state index is 3.60. The first-order chi connectivity index (χ1) is 7.28. The Kier molecular flexibility index (Phi) is 11.9. The Bertz CT molecular complexity index is 129. The first kappa shape index (κ1) is 15.8. The van der Waals surface area contributed by atoms with Crippen LogP contribution in [0.2, 0.25) is 0 Å². The summed E-state index contributed by atoms with van der Waals surface area (Å²) in [5.41, 5.74) is 0. The van der Waals surface area contributed by atoms with Crippen molar-refractivity contribution in [2.24, 2.45) is 5.92 Å². The van der Waals surface area contributed by atoms with Gasteiger partial charge in [0, 0.05) is 17.6 Å². The van der Waals surface area contributed by atoms with E-state index < -0.39 is 0 Å². The molecular weight excluding hydrogens is 270 g/mol. The minimum absolute atomic E-state index is 0.872. The number of halogens is 1. The fourth-order valence-corrected chi connectivity index (χ4v) is 3.62. The molecule has 1 nitrogen and oxygen atoms in total. The van der Waals surface area contributed by atoms with Crippen LogP contribution in [-0.2, 0) is 0 Å². The van der Waals surface area contributed by atoms with Crippen LogP contribution in [-0.4, -0.2) is 41.4 Å². The van der Waals surface area contributed by atoms with Crippen molar-refractivity contribution >= 4 is 27.7 Å². The maximum absolute atomic E-state index is 3.60. The topological polar surface area (TPSA) is 3.24 Å². The molecule has 0 aliphatic carbocycles. The highest BCUT2D eigenvalue weighted by Gasteiger charge is 2.06. The molecule has 0 aromatic rings. The van der Waals surface area contributed by atoms with Crippen LogP contribution in [0.4, 0.5) is 0 Å². The molecule has 1 unspecified atom stereocenters. The van der Waals surface area contributed by atoms with Crippen LogP contribution in [0.5, 0.6) is 0 Å². The summed E-state index contributed by atoms with van der Waals surface area (Å²) in [6, 6.07) is 0.